The Bertz CT molecular complexity index is 216. The van der Waals surface area contributed by atoms with Crippen LogP contribution in [0.3, 0.4) is 0 Å². The summed E-state index contributed by atoms with van der Waals surface area (Å²) < 4.78 is 4.55. The van der Waals surface area contributed by atoms with Crippen molar-refractivity contribution >= 4 is 8.05 Å². The summed E-state index contributed by atoms with van der Waals surface area (Å²) in [5, 5.41) is 0. The van der Waals surface area contributed by atoms with Gasteiger partial charge in [-0.15, -0.1) is 0 Å². The molecule has 1 rings (SSSR count). The highest BCUT2D eigenvalue weighted by Crippen LogP contribution is 2.17. The summed E-state index contributed by atoms with van der Waals surface area (Å²) in [4.78, 5) is 0. The van der Waals surface area contributed by atoms with Gasteiger partial charge < -0.3 is 4.65 Å². The third-order valence-corrected chi connectivity index (χ3v) is 1.68. The Kier molecular flexibility index (Phi) is 2.58. The van der Waals surface area contributed by atoms with Gasteiger partial charge in [0.25, 0.3) is 0 Å². The SMILES string of the molecule is [B]Oc1ccc(C(C)C)cc1. The average molecular weight is 146 g/mol. The van der Waals surface area contributed by atoms with Crippen LogP contribution in [0.1, 0.15) is 25.3 Å². The lowest BCUT2D eigenvalue weighted by molar-refractivity contribution is 0.615. The van der Waals surface area contributed by atoms with E-state index in [2.05, 4.69) is 18.5 Å². The van der Waals surface area contributed by atoms with Crippen molar-refractivity contribution in [1.82, 2.24) is 0 Å². The predicted molar refractivity (Wildman–Crippen MR) is 46.9 cm³/mol. The first-order valence-corrected chi connectivity index (χ1v) is 3.70. The second kappa shape index (κ2) is 3.47. The summed E-state index contributed by atoms with van der Waals surface area (Å²) in [7, 11) is 4.98. The van der Waals surface area contributed by atoms with E-state index in [9.17, 15) is 0 Å². The van der Waals surface area contributed by atoms with E-state index in [0.29, 0.717) is 11.7 Å². The van der Waals surface area contributed by atoms with E-state index in [1.165, 1.54) is 5.56 Å². The first-order chi connectivity index (χ1) is 5.24. The quantitative estimate of drug-likeness (QED) is 0.581. The van der Waals surface area contributed by atoms with Crippen LogP contribution in [-0.2, 0) is 0 Å². The molecule has 0 atom stereocenters. The van der Waals surface area contributed by atoms with Gasteiger partial charge in [0.15, 0.2) is 0 Å². The molecule has 0 aliphatic heterocycles. The lowest BCUT2D eigenvalue weighted by Gasteiger charge is -2.05. The molecular formula is C9H11BO. The molecule has 0 bridgehead atoms. The van der Waals surface area contributed by atoms with Gasteiger partial charge in [0.2, 0.25) is 0 Å². The Morgan fingerprint density at radius 3 is 2.09 bits per heavy atom. The van der Waals surface area contributed by atoms with Gasteiger partial charge in [0.05, 0.1) is 5.75 Å². The third-order valence-electron chi connectivity index (χ3n) is 1.68. The zero-order valence-corrected chi connectivity index (χ0v) is 6.87. The van der Waals surface area contributed by atoms with Crippen LogP contribution in [0.25, 0.3) is 0 Å². The van der Waals surface area contributed by atoms with Crippen molar-refractivity contribution in [3.8, 4) is 5.75 Å². The molecule has 0 saturated carbocycles. The van der Waals surface area contributed by atoms with Crippen molar-refractivity contribution in [3.05, 3.63) is 29.8 Å². The molecule has 1 aromatic rings. The van der Waals surface area contributed by atoms with E-state index in [1.807, 2.05) is 24.3 Å². The summed E-state index contributed by atoms with van der Waals surface area (Å²) in [5.74, 6) is 1.26. The maximum Gasteiger partial charge on any atom is 0.374 e. The molecule has 1 aromatic carbocycles. The Morgan fingerprint density at radius 1 is 1.18 bits per heavy atom. The van der Waals surface area contributed by atoms with Crippen LogP contribution in [0.15, 0.2) is 24.3 Å². The van der Waals surface area contributed by atoms with E-state index in [4.69, 9.17) is 8.05 Å². The largest absolute Gasteiger partial charge is 0.568 e. The summed E-state index contributed by atoms with van der Waals surface area (Å²) in [6, 6.07) is 7.78. The van der Waals surface area contributed by atoms with Gasteiger partial charge in [-0.25, -0.2) is 0 Å². The minimum atomic E-state index is 0.557. The molecule has 0 aliphatic rings. The number of hydrogen-bond donors (Lipinski definition) is 0. The van der Waals surface area contributed by atoms with Crippen LogP contribution in [0.4, 0.5) is 0 Å². The molecule has 0 aliphatic carbocycles. The molecule has 56 valence electrons. The minimum Gasteiger partial charge on any atom is -0.568 e. The lowest BCUT2D eigenvalue weighted by atomic mass is 10.0. The normalized spacial score (nSPS) is 10.1. The second-order valence-electron chi connectivity index (χ2n) is 2.84. The van der Waals surface area contributed by atoms with Crippen LogP contribution < -0.4 is 4.65 Å². The van der Waals surface area contributed by atoms with Crippen molar-refractivity contribution in [2.75, 3.05) is 0 Å². The first kappa shape index (κ1) is 8.18. The van der Waals surface area contributed by atoms with Gasteiger partial charge in [-0.1, -0.05) is 26.0 Å². The Labute approximate surface area is 68.8 Å². The average Bonchev–Trinajstić information content (AvgIpc) is 2.05. The van der Waals surface area contributed by atoms with Crippen LogP contribution in [0, 0.1) is 0 Å². The van der Waals surface area contributed by atoms with E-state index < -0.39 is 0 Å². The highest BCUT2D eigenvalue weighted by atomic mass is 16.4. The zero-order valence-electron chi connectivity index (χ0n) is 6.87. The van der Waals surface area contributed by atoms with Gasteiger partial charge >= 0.3 is 8.05 Å². The van der Waals surface area contributed by atoms with Crippen molar-refractivity contribution in [2.24, 2.45) is 0 Å². The third kappa shape index (κ3) is 2.00. The molecule has 2 heteroatoms. The molecule has 0 amide bonds. The molecule has 0 heterocycles. The van der Waals surface area contributed by atoms with E-state index in [0.717, 1.165) is 0 Å². The highest BCUT2D eigenvalue weighted by Gasteiger charge is 1.97. The van der Waals surface area contributed by atoms with Crippen molar-refractivity contribution < 1.29 is 4.65 Å². The molecular weight excluding hydrogens is 135 g/mol. The van der Waals surface area contributed by atoms with Crippen molar-refractivity contribution in [2.45, 2.75) is 19.8 Å². The number of benzene rings is 1. The van der Waals surface area contributed by atoms with Crippen LogP contribution >= 0.6 is 0 Å². The topological polar surface area (TPSA) is 9.23 Å². The van der Waals surface area contributed by atoms with E-state index >= 15 is 0 Å². The van der Waals surface area contributed by atoms with Gasteiger partial charge in [-0.2, -0.15) is 0 Å². The van der Waals surface area contributed by atoms with Crippen molar-refractivity contribution in [1.29, 1.82) is 0 Å². The minimum absolute atomic E-state index is 0.557. The second-order valence-corrected chi connectivity index (χ2v) is 2.84. The number of rotatable bonds is 2. The maximum absolute atomic E-state index is 4.98. The van der Waals surface area contributed by atoms with Gasteiger partial charge in [0.1, 0.15) is 0 Å². The molecule has 11 heavy (non-hydrogen) atoms. The summed E-state index contributed by atoms with van der Waals surface area (Å²) in [5.41, 5.74) is 1.30. The van der Waals surface area contributed by atoms with Gasteiger partial charge in [0, 0.05) is 0 Å². The standard InChI is InChI=1S/C9H11BO/c1-7(2)8-3-5-9(11-10)6-4-8/h3-7H,1-2H3. The predicted octanol–water partition coefficient (Wildman–Crippen LogP) is 2.27. The summed E-state index contributed by atoms with van der Waals surface area (Å²) >= 11 is 0. The summed E-state index contributed by atoms with van der Waals surface area (Å²) in [6.07, 6.45) is 0. The molecule has 1 nitrogen and oxygen atoms in total. The fourth-order valence-electron chi connectivity index (χ4n) is 0.931. The fraction of sp³-hybridized carbons (Fsp3) is 0.333. The molecule has 2 radical (unpaired) electrons. The van der Waals surface area contributed by atoms with E-state index in [1.54, 1.807) is 0 Å². The fourth-order valence-corrected chi connectivity index (χ4v) is 0.931. The smallest absolute Gasteiger partial charge is 0.374 e. The Balaban J connectivity index is 2.83. The number of hydrogen-bond acceptors (Lipinski definition) is 1. The highest BCUT2D eigenvalue weighted by molar-refractivity contribution is 5.99. The van der Waals surface area contributed by atoms with Gasteiger partial charge in [-0.3, -0.25) is 0 Å². The zero-order chi connectivity index (χ0) is 8.27. The first-order valence-electron chi connectivity index (χ1n) is 3.70. The van der Waals surface area contributed by atoms with Gasteiger partial charge in [-0.05, 0) is 23.6 Å². The molecule has 0 aromatic heterocycles. The van der Waals surface area contributed by atoms with Crippen LogP contribution in [0.5, 0.6) is 5.75 Å². The maximum atomic E-state index is 4.98. The monoisotopic (exact) mass is 146 g/mol. The lowest BCUT2D eigenvalue weighted by Crippen LogP contribution is -1.88. The molecule has 0 fully saturated rings. The van der Waals surface area contributed by atoms with Crippen molar-refractivity contribution in [3.63, 3.8) is 0 Å². The van der Waals surface area contributed by atoms with Crippen LogP contribution in [-0.4, -0.2) is 8.05 Å². The summed E-state index contributed by atoms with van der Waals surface area (Å²) in [6.45, 7) is 4.30. The molecule has 0 spiro atoms. The van der Waals surface area contributed by atoms with E-state index in [-0.39, 0.29) is 0 Å². The molecule has 0 N–H and O–H groups in total. The molecule has 0 unspecified atom stereocenters. The Morgan fingerprint density at radius 2 is 1.73 bits per heavy atom. The molecule has 0 saturated heterocycles. The Hall–Kier alpha value is -0.915. The van der Waals surface area contributed by atoms with Crippen LogP contribution in [0.2, 0.25) is 0 Å².